The number of alkyl halides is 1. The summed E-state index contributed by atoms with van der Waals surface area (Å²) < 4.78 is 39.7. The number of nitrogens with one attached hydrogen (secondary N) is 4. The maximum absolute atomic E-state index is 16.5. The summed E-state index contributed by atoms with van der Waals surface area (Å²) >= 11 is 0. The molecule has 19 nitrogen and oxygen atoms in total. The quantitative estimate of drug-likeness (QED) is 0.0469. The molecule has 0 aromatic rings. The first-order valence-electron chi connectivity index (χ1n) is 14.9. The van der Waals surface area contributed by atoms with Crippen LogP contribution in [-0.4, -0.2) is 167 Å². The topological polar surface area (TPSA) is 339 Å². The molecule has 1 saturated carbocycles. The second kappa shape index (κ2) is 17.3. The maximum Gasteiger partial charge on any atom is 0.249 e. The van der Waals surface area contributed by atoms with Crippen molar-refractivity contribution in [3.63, 3.8) is 0 Å². The highest BCUT2D eigenvalue weighted by Crippen LogP contribution is 2.33. The molecule has 2 saturated heterocycles. The van der Waals surface area contributed by atoms with Gasteiger partial charge in [-0.15, -0.1) is 0 Å². The molecular weight excluding hydrogens is 607 g/mol. The van der Waals surface area contributed by atoms with Gasteiger partial charge in [-0.3, -0.25) is 10.2 Å². The Hall–Kier alpha value is -1.89. The Morgan fingerprint density at radius 1 is 1.00 bits per heavy atom. The van der Waals surface area contributed by atoms with E-state index in [0.29, 0.717) is 0 Å². The summed E-state index contributed by atoms with van der Waals surface area (Å²) in [6.45, 7) is -0.521. The first-order chi connectivity index (χ1) is 21.3. The molecule has 0 aromatic carbocycles. The number of ether oxygens (including phenoxy) is 4. The number of halogens is 1. The van der Waals surface area contributed by atoms with Gasteiger partial charge in [-0.1, -0.05) is 0 Å². The Bertz CT molecular complexity index is 949. The van der Waals surface area contributed by atoms with Crippen molar-refractivity contribution in [1.29, 1.82) is 5.41 Å². The zero-order chi connectivity index (χ0) is 33.4. The molecule has 0 radical (unpaired) electrons. The molecule has 45 heavy (non-hydrogen) atoms. The highest BCUT2D eigenvalue weighted by atomic mass is 19.1. The van der Waals surface area contributed by atoms with Gasteiger partial charge in [-0.05, 0) is 25.8 Å². The van der Waals surface area contributed by atoms with Crippen LogP contribution in [0.2, 0.25) is 0 Å². The van der Waals surface area contributed by atoms with Crippen molar-refractivity contribution in [2.45, 2.75) is 111 Å². The number of carbonyl (C=O) groups is 1. The summed E-state index contributed by atoms with van der Waals surface area (Å²) in [5.74, 6) is -1.50. The van der Waals surface area contributed by atoms with Crippen LogP contribution in [0.1, 0.15) is 19.3 Å². The van der Waals surface area contributed by atoms with Crippen molar-refractivity contribution < 1.29 is 58.8 Å². The van der Waals surface area contributed by atoms with E-state index >= 15 is 4.39 Å². The highest BCUT2D eigenvalue weighted by Gasteiger charge is 2.53. The standard InChI is InChI=1S/C25H49FN8O11/c26-16-20(44-23-10(29)6-13(38)14(42-23)7-32-3-4-35)9(28)5-11(33-22(41)12(37)1-2-27)21(16)45-24-19(40)17(34-25(30)31)18(39)15(8-36)43-24/h9-21,23-24,32,35-40H,1-8,27-29H2,(H,33,41)(H4,30,31,34)/t9?,10?,11-,12+,13+,14?,15-,16?,17-,18?,19-,20-,21?,23-,24?/m1/s1. The van der Waals surface area contributed by atoms with Crippen LogP contribution in [0.5, 0.6) is 0 Å². The highest BCUT2D eigenvalue weighted by molar-refractivity contribution is 5.80. The van der Waals surface area contributed by atoms with Gasteiger partial charge in [0.05, 0.1) is 43.5 Å². The van der Waals surface area contributed by atoms with Gasteiger partial charge in [0.2, 0.25) is 5.91 Å². The average Bonchev–Trinajstić information content (AvgIpc) is 2.98. The maximum atomic E-state index is 16.5. The second-order valence-electron chi connectivity index (χ2n) is 11.5. The molecule has 2 heterocycles. The predicted molar refractivity (Wildman–Crippen MR) is 153 cm³/mol. The third kappa shape index (κ3) is 9.58. The number of carbonyl (C=O) groups excluding carboxylic acids is 1. The van der Waals surface area contributed by atoms with Gasteiger partial charge < -0.3 is 88.5 Å². The van der Waals surface area contributed by atoms with E-state index in [1.165, 1.54) is 0 Å². The lowest BCUT2D eigenvalue weighted by atomic mass is 9.84. The van der Waals surface area contributed by atoms with Gasteiger partial charge >= 0.3 is 0 Å². The van der Waals surface area contributed by atoms with E-state index in [2.05, 4.69) is 16.0 Å². The number of rotatable bonds is 14. The van der Waals surface area contributed by atoms with Crippen molar-refractivity contribution in [2.75, 3.05) is 32.8 Å². The second-order valence-corrected chi connectivity index (χ2v) is 11.5. The molecule has 0 aromatic heterocycles. The summed E-state index contributed by atoms with van der Waals surface area (Å²) in [7, 11) is 0. The van der Waals surface area contributed by atoms with E-state index in [1.807, 2.05) is 0 Å². The van der Waals surface area contributed by atoms with Gasteiger partial charge in [0.25, 0.3) is 0 Å². The molecule has 1 aliphatic carbocycles. The molecule has 2 aliphatic heterocycles. The number of hydrogen-bond acceptors (Lipinski definition) is 16. The molecule has 15 atom stereocenters. The molecule has 18 N–H and O–H groups in total. The van der Waals surface area contributed by atoms with E-state index in [1.54, 1.807) is 0 Å². The van der Waals surface area contributed by atoms with Crippen LogP contribution in [-0.2, 0) is 23.7 Å². The molecular formula is C25H49FN8O11. The molecule has 3 fully saturated rings. The van der Waals surface area contributed by atoms with E-state index in [4.69, 9.17) is 52.4 Å². The van der Waals surface area contributed by atoms with E-state index in [-0.39, 0.29) is 45.5 Å². The summed E-state index contributed by atoms with van der Waals surface area (Å²) in [5, 5.41) is 76.1. The Morgan fingerprint density at radius 2 is 1.67 bits per heavy atom. The lowest BCUT2D eigenvalue weighted by Crippen LogP contribution is -2.69. The van der Waals surface area contributed by atoms with Crippen LogP contribution in [0.4, 0.5) is 4.39 Å². The van der Waals surface area contributed by atoms with Crippen LogP contribution < -0.4 is 38.9 Å². The number of nitrogens with two attached hydrogens (primary N) is 4. The van der Waals surface area contributed by atoms with Gasteiger partial charge in [0, 0.05) is 19.1 Å². The fourth-order valence-electron chi connectivity index (χ4n) is 5.67. The lowest BCUT2D eigenvalue weighted by Gasteiger charge is -2.48. The zero-order valence-corrected chi connectivity index (χ0v) is 24.7. The van der Waals surface area contributed by atoms with Gasteiger partial charge in [0.1, 0.15) is 36.6 Å². The number of aliphatic hydroxyl groups excluding tert-OH is 6. The smallest absolute Gasteiger partial charge is 0.249 e. The number of guanidine groups is 1. The van der Waals surface area contributed by atoms with Crippen LogP contribution in [0.3, 0.4) is 0 Å². The molecule has 7 unspecified atom stereocenters. The first-order valence-corrected chi connectivity index (χ1v) is 14.9. The predicted octanol–water partition coefficient (Wildman–Crippen LogP) is -7.30. The monoisotopic (exact) mass is 656 g/mol. The van der Waals surface area contributed by atoms with Crippen molar-refractivity contribution >= 4 is 11.9 Å². The summed E-state index contributed by atoms with van der Waals surface area (Å²) in [6, 6.07) is -4.54. The number of amides is 1. The van der Waals surface area contributed by atoms with Gasteiger partial charge in [-0.25, -0.2) is 4.39 Å². The van der Waals surface area contributed by atoms with Crippen LogP contribution in [0, 0.1) is 5.41 Å². The Kier molecular flexibility index (Phi) is 14.5. The Balaban J connectivity index is 1.85. The van der Waals surface area contributed by atoms with Gasteiger partial charge in [-0.2, -0.15) is 0 Å². The fraction of sp³-hybridized carbons (Fsp3) is 0.920. The molecule has 262 valence electrons. The number of aliphatic hydroxyl groups is 6. The minimum Gasteiger partial charge on any atom is -0.395 e. The van der Waals surface area contributed by atoms with Crippen LogP contribution in [0.15, 0.2) is 0 Å². The molecule has 0 spiro atoms. The van der Waals surface area contributed by atoms with Crippen molar-refractivity contribution in [1.82, 2.24) is 16.0 Å². The SMILES string of the molecule is N=C(N)N[C@@H]1C(O)[C@@H](CO)OC(OC2C(F)[C@H](O[C@H]3OC(CNCCO)[C@@H](O)CC3N)C(N)C[C@H]2NC(=O)[C@@H](O)CCN)[C@@H]1O. The van der Waals surface area contributed by atoms with Crippen molar-refractivity contribution in [3.05, 3.63) is 0 Å². The minimum absolute atomic E-state index is 0.00921. The van der Waals surface area contributed by atoms with Crippen LogP contribution >= 0.6 is 0 Å². The molecule has 1 amide bonds. The van der Waals surface area contributed by atoms with E-state index < -0.39 is 110 Å². The normalized spacial score (nSPS) is 41.3. The lowest BCUT2D eigenvalue weighted by molar-refractivity contribution is -0.311. The van der Waals surface area contributed by atoms with Crippen molar-refractivity contribution in [3.8, 4) is 0 Å². The van der Waals surface area contributed by atoms with E-state index in [9.17, 15) is 30.3 Å². The molecule has 0 bridgehead atoms. The average molecular weight is 657 g/mol. The molecule has 3 aliphatic rings. The Labute approximate surface area is 259 Å². The Morgan fingerprint density at radius 3 is 2.29 bits per heavy atom. The summed E-state index contributed by atoms with van der Waals surface area (Å²) in [6.07, 6.45) is -16.3. The van der Waals surface area contributed by atoms with Crippen LogP contribution in [0.25, 0.3) is 0 Å². The molecule has 3 rings (SSSR count). The third-order valence-electron chi connectivity index (χ3n) is 8.07. The zero-order valence-electron chi connectivity index (χ0n) is 24.7. The number of hydrogen-bond donors (Lipinski definition) is 14. The van der Waals surface area contributed by atoms with Crippen molar-refractivity contribution in [2.24, 2.45) is 22.9 Å². The van der Waals surface area contributed by atoms with Gasteiger partial charge in [0.15, 0.2) is 24.7 Å². The summed E-state index contributed by atoms with van der Waals surface area (Å²) in [4.78, 5) is 12.7. The summed E-state index contributed by atoms with van der Waals surface area (Å²) in [5.41, 5.74) is 23.3. The molecule has 20 heteroatoms. The first kappa shape index (κ1) is 37.6. The fourth-order valence-corrected chi connectivity index (χ4v) is 5.67. The minimum atomic E-state index is -2.14. The largest absolute Gasteiger partial charge is 0.395 e. The van der Waals surface area contributed by atoms with E-state index in [0.717, 1.165) is 0 Å². The third-order valence-corrected chi connectivity index (χ3v) is 8.07.